The number of aliphatic carboxylic acids is 1. The average molecular weight is 348 g/mol. The van der Waals surface area contributed by atoms with Crippen LogP contribution in [0.15, 0.2) is 35.5 Å². The van der Waals surface area contributed by atoms with Gasteiger partial charge in [-0.2, -0.15) is 0 Å². The molecule has 3 rings (SSSR count). The highest BCUT2D eigenvalue weighted by Gasteiger charge is 2.51. The predicted octanol–water partition coefficient (Wildman–Crippen LogP) is 0.849. The molecule has 0 aromatic heterocycles. The minimum absolute atomic E-state index is 0.0363. The lowest BCUT2D eigenvalue weighted by molar-refractivity contribution is -0.148. The van der Waals surface area contributed by atoms with Crippen molar-refractivity contribution in [3.05, 3.63) is 41.1 Å². The minimum Gasteiger partial charge on any atom is -0.489 e. The van der Waals surface area contributed by atoms with Crippen molar-refractivity contribution in [3.63, 3.8) is 0 Å². The quantitative estimate of drug-likeness (QED) is 0.599. The first-order valence-electron chi connectivity index (χ1n) is 7.29. The van der Waals surface area contributed by atoms with Gasteiger partial charge in [0.15, 0.2) is 5.78 Å². The zero-order valence-electron chi connectivity index (χ0n) is 12.9. The van der Waals surface area contributed by atoms with E-state index in [1.54, 1.807) is 24.3 Å². The van der Waals surface area contributed by atoms with Crippen LogP contribution in [0.5, 0.6) is 5.75 Å². The van der Waals surface area contributed by atoms with E-state index in [2.05, 4.69) is 0 Å². The molecule has 0 radical (unpaired) electrons. The summed E-state index contributed by atoms with van der Waals surface area (Å²) in [6.07, 6.45) is 0. The number of thioether (sulfide) groups is 1. The Kier molecular flexibility index (Phi) is 4.33. The molecule has 2 atom stereocenters. The topological polar surface area (TPSA) is 110 Å². The highest BCUT2D eigenvalue weighted by molar-refractivity contribution is 8.00. The SMILES string of the molecule is CC(=O)c1ccc(OCC2=C(C(=O)O)N3C(=O)C(N)[C@@H]3SC2)cc1. The van der Waals surface area contributed by atoms with Gasteiger partial charge >= 0.3 is 5.97 Å². The van der Waals surface area contributed by atoms with E-state index in [-0.39, 0.29) is 29.4 Å². The number of hydrogen-bond acceptors (Lipinski definition) is 6. The number of fused-ring (bicyclic) bond motifs is 1. The summed E-state index contributed by atoms with van der Waals surface area (Å²) in [5.74, 6) is -0.621. The number of ketones is 1. The Labute approximate surface area is 142 Å². The predicted molar refractivity (Wildman–Crippen MR) is 87.7 cm³/mol. The molecule has 3 N–H and O–H groups in total. The number of carbonyl (C=O) groups is 3. The van der Waals surface area contributed by atoms with E-state index < -0.39 is 12.0 Å². The standard InChI is InChI=1S/C16H16N2O5S/c1-8(19)9-2-4-11(5-3-9)23-6-10-7-24-15-12(17)14(20)18(15)13(10)16(21)22/h2-5,12,15H,6-7,17H2,1H3,(H,21,22)/t12?,15-/m0/s1. The smallest absolute Gasteiger partial charge is 0.352 e. The Bertz CT molecular complexity index is 743. The number of nitrogens with zero attached hydrogens (tertiary/aromatic N) is 1. The summed E-state index contributed by atoms with van der Waals surface area (Å²) in [6.45, 7) is 1.53. The number of carboxylic acid groups (broad SMARTS) is 1. The van der Waals surface area contributed by atoms with Crippen molar-refractivity contribution in [2.75, 3.05) is 12.4 Å². The minimum atomic E-state index is -1.16. The fourth-order valence-electron chi connectivity index (χ4n) is 2.65. The number of ether oxygens (including phenoxy) is 1. The Morgan fingerprint density at radius 3 is 2.62 bits per heavy atom. The molecule has 0 spiro atoms. The molecule has 24 heavy (non-hydrogen) atoms. The van der Waals surface area contributed by atoms with Crippen LogP contribution in [0.25, 0.3) is 0 Å². The van der Waals surface area contributed by atoms with Crippen molar-refractivity contribution in [2.45, 2.75) is 18.3 Å². The van der Waals surface area contributed by atoms with Gasteiger partial charge in [-0.25, -0.2) is 4.79 Å². The van der Waals surface area contributed by atoms with E-state index in [9.17, 15) is 19.5 Å². The molecule has 1 unspecified atom stereocenters. The molecule has 0 saturated carbocycles. The molecule has 2 aliphatic heterocycles. The highest BCUT2D eigenvalue weighted by Crippen LogP contribution is 2.39. The number of hydrogen-bond donors (Lipinski definition) is 2. The second kappa shape index (κ2) is 6.29. The first kappa shape index (κ1) is 16.5. The summed E-state index contributed by atoms with van der Waals surface area (Å²) in [6, 6.07) is 5.95. The lowest BCUT2D eigenvalue weighted by Gasteiger charge is -2.47. The van der Waals surface area contributed by atoms with Crippen LogP contribution in [0.4, 0.5) is 0 Å². The number of carboxylic acids is 1. The van der Waals surface area contributed by atoms with Gasteiger partial charge in [0.25, 0.3) is 0 Å². The number of rotatable bonds is 5. The lowest BCUT2D eigenvalue weighted by atomic mass is 10.0. The van der Waals surface area contributed by atoms with Crippen LogP contribution in [0.3, 0.4) is 0 Å². The molecular formula is C16H16N2O5S. The summed E-state index contributed by atoms with van der Waals surface area (Å²) < 4.78 is 5.62. The fraction of sp³-hybridized carbons (Fsp3) is 0.312. The molecular weight excluding hydrogens is 332 g/mol. The Morgan fingerprint density at radius 2 is 2.04 bits per heavy atom. The van der Waals surface area contributed by atoms with Gasteiger partial charge in [-0.3, -0.25) is 14.5 Å². The third-order valence-electron chi connectivity index (χ3n) is 3.96. The molecule has 1 fully saturated rings. The zero-order valence-corrected chi connectivity index (χ0v) is 13.7. The first-order valence-corrected chi connectivity index (χ1v) is 8.34. The third kappa shape index (κ3) is 2.78. The van der Waals surface area contributed by atoms with Gasteiger partial charge in [0.05, 0.1) is 0 Å². The van der Waals surface area contributed by atoms with Gasteiger partial charge in [-0.1, -0.05) is 0 Å². The van der Waals surface area contributed by atoms with Gasteiger partial charge in [-0.05, 0) is 31.2 Å². The second-order valence-electron chi connectivity index (χ2n) is 5.56. The van der Waals surface area contributed by atoms with Crippen molar-refractivity contribution >= 4 is 29.4 Å². The van der Waals surface area contributed by atoms with Gasteiger partial charge in [0, 0.05) is 16.9 Å². The molecule has 1 aromatic carbocycles. The monoisotopic (exact) mass is 348 g/mol. The largest absolute Gasteiger partial charge is 0.489 e. The van der Waals surface area contributed by atoms with Gasteiger partial charge < -0.3 is 15.6 Å². The average Bonchev–Trinajstić information content (AvgIpc) is 2.58. The van der Waals surface area contributed by atoms with E-state index in [1.807, 2.05) is 0 Å². The molecule has 1 amide bonds. The van der Waals surface area contributed by atoms with E-state index >= 15 is 0 Å². The van der Waals surface area contributed by atoms with Crippen LogP contribution in [-0.2, 0) is 9.59 Å². The molecule has 1 saturated heterocycles. The van der Waals surface area contributed by atoms with Crippen LogP contribution < -0.4 is 10.5 Å². The summed E-state index contributed by atoms with van der Waals surface area (Å²) >= 11 is 1.43. The van der Waals surface area contributed by atoms with Crippen LogP contribution >= 0.6 is 11.8 Å². The van der Waals surface area contributed by atoms with Crippen molar-refractivity contribution in [2.24, 2.45) is 5.73 Å². The molecule has 126 valence electrons. The lowest BCUT2D eigenvalue weighted by Crippen LogP contribution is -2.68. The molecule has 1 aromatic rings. The Hall–Kier alpha value is -2.32. The third-order valence-corrected chi connectivity index (χ3v) is 5.33. The fourth-order valence-corrected chi connectivity index (χ4v) is 3.92. The number of amides is 1. The number of β-lactam (4-membered cyclic amide) rings is 1. The number of carbonyl (C=O) groups excluding carboxylic acids is 2. The molecule has 8 heteroatoms. The Balaban J connectivity index is 1.76. The second-order valence-corrected chi connectivity index (χ2v) is 6.67. The van der Waals surface area contributed by atoms with E-state index in [0.717, 1.165) is 0 Å². The number of Topliss-reactive ketones (excluding diaryl/α,β-unsaturated/α-hetero) is 1. The summed E-state index contributed by atoms with van der Waals surface area (Å²) in [4.78, 5) is 35.9. The zero-order chi connectivity index (χ0) is 17.4. The number of nitrogens with two attached hydrogens (primary N) is 1. The molecule has 7 nitrogen and oxygen atoms in total. The summed E-state index contributed by atoms with van der Waals surface area (Å²) in [7, 11) is 0. The first-order chi connectivity index (χ1) is 11.4. The maximum absolute atomic E-state index is 11.8. The highest BCUT2D eigenvalue weighted by atomic mass is 32.2. The molecule has 2 heterocycles. The van der Waals surface area contributed by atoms with Crippen LogP contribution in [-0.4, -0.2) is 51.4 Å². The van der Waals surface area contributed by atoms with Crippen LogP contribution in [0.2, 0.25) is 0 Å². The maximum Gasteiger partial charge on any atom is 0.352 e. The Morgan fingerprint density at radius 1 is 1.38 bits per heavy atom. The molecule has 0 bridgehead atoms. The van der Waals surface area contributed by atoms with Crippen molar-refractivity contribution in [1.82, 2.24) is 4.90 Å². The van der Waals surface area contributed by atoms with Gasteiger partial charge in [-0.15, -0.1) is 11.8 Å². The normalized spacial score (nSPS) is 22.8. The number of benzene rings is 1. The molecule has 0 aliphatic carbocycles. The summed E-state index contributed by atoms with van der Waals surface area (Å²) in [5, 5.41) is 9.12. The molecule has 2 aliphatic rings. The van der Waals surface area contributed by atoms with Crippen LogP contribution in [0, 0.1) is 0 Å². The summed E-state index contributed by atoms with van der Waals surface area (Å²) in [5.41, 5.74) is 6.77. The van der Waals surface area contributed by atoms with Gasteiger partial charge in [0.2, 0.25) is 5.91 Å². The van der Waals surface area contributed by atoms with Crippen molar-refractivity contribution < 1.29 is 24.2 Å². The van der Waals surface area contributed by atoms with E-state index in [0.29, 0.717) is 22.6 Å². The van der Waals surface area contributed by atoms with Crippen LogP contribution in [0.1, 0.15) is 17.3 Å². The van der Waals surface area contributed by atoms with E-state index in [4.69, 9.17) is 10.5 Å². The maximum atomic E-state index is 11.8. The van der Waals surface area contributed by atoms with Crippen molar-refractivity contribution in [1.29, 1.82) is 0 Å². The van der Waals surface area contributed by atoms with Crippen molar-refractivity contribution in [3.8, 4) is 5.75 Å². The van der Waals surface area contributed by atoms with Gasteiger partial charge in [0.1, 0.15) is 29.5 Å². The van der Waals surface area contributed by atoms with E-state index in [1.165, 1.54) is 23.6 Å².